The predicted molar refractivity (Wildman–Crippen MR) is 83.2 cm³/mol. The van der Waals surface area contributed by atoms with Gasteiger partial charge in [0.05, 0.1) is 11.7 Å². The van der Waals surface area contributed by atoms with Crippen LogP contribution in [0.1, 0.15) is 24.6 Å². The Hall–Kier alpha value is -1.73. The van der Waals surface area contributed by atoms with E-state index in [9.17, 15) is 0 Å². The quantitative estimate of drug-likeness (QED) is 0.675. The van der Waals surface area contributed by atoms with Crippen LogP contribution in [0.4, 0.5) is 0 Å². The molecular weight excluding hydrogens is 302 g/mol. The maximum absolute atomic E-state index is 4.69. The molecule has 0 saturated heterocycles. The number of hydrogen-bond donors (Lipinski definition) is 0. The van der Waals surface area contributed by atoms with Gasteiger partial charge in [0.15, 0.2) is 0 Å². The van der Waals surface area contributed by atoms with E-state index in [1.807, 2.05) is 22.9 Å². The van der Waals surface area contributed by atoms with Gasteiger partial charge in [-0.3, -0.25) is 0 Å². The first-order chi connectivity index (χ1) is 10.4. The molecule has 7 heteroatoms. The Morgan fingerprint density at radius 1 is 1.24 bits per heavy atom. The van der Waals surface area contributed by atoms with Crippen LogP contribution in [0.2, 0.25) is 0 Å². The third-order valence-electron chi connectivity index (χ3n) is 3.28. The van der Waals surface area contributed by atoms with Crippen LogP contribution < -0.4 is 0 Å². The van der Waals surface area contributed by atoms with Crippen molar-refractivity contribution in [2.75, 3.05) is 0 Å². The zero-order valence-electron chi connectivity index (χ0n) is 11.2. The van der Waals surface area contributed by atoms with E-state index in [2.05, 4.69) is 38.0 Å². The molecule has 21 heavy (non-hydrogen) atoms. The van der Waals surface area contributed by atoms with Crippen molar-refractivity contribution in [1.82, 2.24) is 25.2 Å². The van der Waals surface area contributed by atoms with Gasteiger partial charge in [0.1, 0.15) is 5.01 Å². The second-order valence-corrected chi connectivity index (χ2v) is 6.74. The van der Waals surface area contributed by atoms with Gasteiger partial charge in [0, 0.05) is 16.7 Å². The summed E-state index contributed by atoms with van der Waals surface area (Å²) >= 11 is 3.33. The Morgan fingerprint density at radius 3 is 2.90 bits per heavy atom. The second kappa shape index (κ2) is 5.57. The van der Waals surface area contributed by atoms with Gasteiger partial charge in [-0.05, 0) is 23.3 Å². The first-order valence-corrected chi connectivity index (χ1v) is 8.67. The minimum Gasteiger partial charge on any atom is -0.240 e. The lowest BCUT2D eigenvalue weighted by Crippen LogP contribution is -1.98. The summed E-state index contributed by atoms with van der Waals surface area (Å²) in [5, 5.41) is 16.0. The maximum atomic E-state index is 4.69. The molecule has 106 valence electrons. The summed E-state index contributed by atoms with van der Waals surface area (Å²) < 4.78 is 1.94. The van der Waals surface area contributed by atoms with Gasteiger partial charge < -0.3 is 0 Å². The van der Waals surface area contributed by atoms with Crippen molar-refractivity contribution in [3.63, 3.8) is 0 Å². The second-order valence-electron chi connectivity index (χ2n) is 4.94. The summed E-state index contributed by atoms with van der Waals surface area (Å²) in [6, 6.07) is 10.8. The molecule has 3 aromatic rings. The molecule has 1 fully saturated rings. The van der Waals surface area contributed by atoms with Crippen LogP contribution in [0.25, 0.3) is 10.6 Å². The van der Waals surface area contributed by atoms with Crippen molar-refractivity contribution in [2.24, 2.45) is 0 Å². The van der Waals surface area contributed by atoms with Crippen molar-refractivity contribution < 1.29 is 0 Å². The fraction of sp³-hybridized carbons (Fsp3) is 0.286. The van der Waals surface area contributed by atoms with E-state index in [1.54, 1.807) is 23.1 Å². The molecular formula is C14H13N5S2. The number of thiazole rings is 1. The van der Waals surface area contributed by atoms with Gasteiger partial charge in [-0.1, -0.05) is 42.1 Å². The third-order valence-corrected chi connectivity index (χ3v) is 5.18. The minimum atomic E-state index is 0.512. The first-order valence-electron chi connectivity index (χ1n) is 6.80. The van der Waals surface area contributed by atoms with E-state index in [4.69, 9.17) is 0 Å². The highest BCUT2D eigenvalue weighted by atomic mass is 32.2. The Kier molecular flexibility index (Phi) is 3.44. The van der Waals surface area contributed by atoms with Crippen molar-refractivity contribution in [3.05, 3.63) is 41.4 Å². The van der Waals surface area contributed by atoms with E-state index in [-0.39, 0.29) is 0 Å². The van der Waals surface area contributed by atoms with Crippen LogP contribution in [-0.4, -0.2) is 25.2 Å². The summed E-state index contributed by atoms with van der Waals surface area (Å²) in [5.41, 5.74) is 2.25. The number of rotatable bonds is 5. The van der Waals surface area contributed by atoms with Crippen LogP contribution in [0.5, 0.6) is 0 Å². The number of nitrogens with zero attached hydrogens (tertiary/aromatic N) is 5. The summed E-state index contributed by atoms with van der Waals surface area (Å²) in [6.07, 6.45) is 2.38. The molecule has 1 aromatic carbocycles. The molecule has 4 rings (SSSR count). The molecule has 0 radical (unpaired) electrons. The fourth-order valence-electron chi connectivity index (χ4n) is 2.05. The van der Waals surface area contributed by atoms with E-state index < -0.39 is 0 Å². The molecule has 0 atom stereocenters. The number of tetrazole rings is 1. The predicted octanol–water partition coefficient (Wildman–Crippen LogP) is 3.42. The van der Waals surface area contributed by atoms with Crippen molar-refractivity contribution in [3.8, 4) is 10.6 Å². The Balaban J connectivity index is 1.46. The molecule has 0 aliphatic heterocycles. The zero-order chi connectivity index (χ0) is 14.1. The van der Waals surface area contributed by atoms with Gasteiger partial charge in [0.2, 0.25) is 5.16 Å². The van der Waals surface area contributed by atoms with Crippen molar-refractivity contribution in [2.45, 2.75) is 29.8 Å². The van der Waals surface area contributed by atoms with Crippen LogP contribution in [0.15, 0.2) is 40.9 Å². The zero-order valence-corrected chi connectivity index (χ0v) is 12.8. The highest BCUT2D eigenvalue weighted by Crippen LogP contribution is 2.37. The van der Waals surface area contributed by atoms with Gasteiger partial charge in [0.25, 0.3) is 0 Å². The SMILES string of the molecule is c1ccc(-c2nc(CSc3nnnn3C3CC3)cs2)cc1. The van der Waals surface area contributed by atoms with Gasteiger partial charge >= 0.3 is 0 Å². The number of hydrogen-bond acceptors (Lipinski definition) is 6. The molecule has 2 heterocycles. The van der Waals surface area contributed by atoms with Crippen LogP contribution in [0.3, 0.4) is 0 Å². The molecule has 5 nitrogen and oxygen atoms in total. The molecule has 1 aliphatic carbocycles. The Labute approximate surface area is 130 Å². The fourth-order valence-corrected chi connectivity index (χ4v) is 3.82. The topological polar surface area (TPSA) is 56.5 Å². The summed E-state index contributed by atoms with van der Waals surface area (Å²) in [7, 11) is 0. The summed E-state index contributed by atoms with van der Waals surface area (Å²) in [4.78, 5) is 4.69. The normalized spacial score (nSPS) is 14.5. The average Bonchev–Trinajstić information content (AvgIpc) is 3.09. The number of thioether (sulfide) groups is 1. The third kappa shape index (κ3) is 2.84. The Morgan fingerprint density at radius 2 is 2.10 bits per heavy atom. The smallest absolute Gasteiger partial charge is 0.209 e. The maximum Gasteiger partial charge on any atom is 0.209 e. The van der Waals surface area contributed by atoms with Crippen molar-refractivity contribution >= 4 is 23.1 Å². The van der Waals surface area contributed by atoms with Crippen LogP contribution in [0, 0.1) is 0 Å². The molecule has 1 saturated carbocycles. The molecule has 0 amide bonds. The van der Waals surface area contributed by atoms with Crippen LogP contribution >= 0.6 is 23.1 Å². The highest BCUT2D eigenvalue weighted by Gasteiger charge is 2.27. The summed E-state index contributed by atoms with van der Waals surface area (Å²) in [6.45, 7) is 0. The molecule has 1 aliphatic rings. The highest BCUT2D eigenvalue weighted by molar-refractivity contribution is 7.98. The lowest BCUT2D eigenvalue weighted by molar-refractivity contribution is 0.565. The molecule has 0 unspecified atom stereocenters. The van der Waals surface area contributed by atoms with Gasteiger partial charge in [-0.25, -0.2) is 9.67 Å². The molecule has 0 bridgehead atoms. The Bertz CT molecular complexity index is 733. The number of benzene rings is 1. The monoisotopic (exact) mass is 315 g/mol. The van der Waals surface area contributed by atoms with E-state index in [0.717, 1.165) is 21.6 Å². The molecule has 2 aromatic heterocycles. The number of aromatic nitrogens is 5. The van der Waals surface area contributed by atoms with E-state index in [0.29, 0.717) is 6.04 Å². The minimum absolute atomic E-state index is 0.512. The molecule has 0 N–H and O–H groups in total. The van der Waals surface area contributed by atoms with Crippen molar-refractivity contribution in [1.29, 1.82) is 0 Å². The average molecular weight is 315 g/mol. The lowest BCUT2D eigenvalue weighted by atomic mass is 10.2. The lowest BCUT2D eigenvalue weighted by Gasteiger charge is -2.00. The summed E-state index contributed by atoms with van der Waals surface area (Å²) in [5.74, 6) is 0.802. The van der Waals surface area contributed by atoms with E-state index >= 15 is 0 Å². The largest absolute Gasteiger partial charge is 0.240 e. The molecule has 0 spiro atoms. The van der Waals surface area contributed by atoms with E-state index in [1.165, 1.54) is 18.4 Å². The standard InChI is InChI=1S/C14H13N5S2/c1-2-4-10(5-3-1)13-15-11(8-20-13)9-21-14-16-17-18-19(14)12-6-7-12/h1-5,8,12H,6-7,9H2. The van der Waals surface area contributed by atoms with Gasteiger partial charge in [-0.2, -0.15) is 0 Å². The van der Waals surface area contributed by atoms with Gasteiger partial charge in [-0.15, -0.1) is 16.4 Å². The first kappa shape index (κ1) is 13.0. The van der Waals surface area contributed by atoms with Crippen LogP contribution in [-0.2, 0) is 5.75 Å².